The Labute approximate surface area is 124 Å². The molecule has 0 spiro atoms. The summed E-state index contributed by atoms with van der Waals surface area (Å²) >= 11 is 1.19. The molecule has 2 aromatic carbocycles. The summed E-state index contributed by atoms with van der Waals surface area (Å²) in [5, 5.41) is 13.5. The summed E-state index contributed by atoms with van der Waals surface area (Å²) in [6, 6.07) is 9.03. The zero-order valence-corrected chi connectivity index (χ0v) is 11.8. The van der Waals surface area contributed by atoms with Crippen LogP contribution >= 0.6 is 11.8 Å². The minimum atomic E-state index is -0.580. The Bertz CT molecular complexity index is 706. The molecule has 0 atom stereocenters. The number of nitrogen functional groups attached to an aromatic ring is 1. The van der Waals surface area contributed by atoms with Gasteiger partial charge in [0.2, 0.25) is 0 Å². The van der Waals surface area contributed by atoms with Crippen LogP contribution in [-0.2, 0) is 0 Å². The number of rotatable bonds is 5. The van der Waals surface area contributed by atoms with Crippen LogP contribution in [0, 0.1) is 15.0 Å². The average Bonchev–Trinajstić information content (AvgIpc) is 2.49. The lowest BCUT2D eigenvalue weighted by Crippen LogP contribution is -1.91. The van der Waals surface area contributed by atoms with Crippen LogP contribution in [0.2, 0.25) is 0 Å². The minimum absolute atomic E-state index is 0.00331. The van der Waals surface area contributed by atoms with E-state index >= 15 is 0 Å². The maximum Gasteiger partial charge on any atom is 0.271 e. The van der Waals surface area contributed by atoms with Crippen LogP contribution in [0.3, 0.4) is 0 Å². The Morgan fingerprint density at radius 3 is 2.62 bits per heavy atom. The van der Waals surface area contributed by atoms with Gasteiger partial charge in [0.1, 0.15) is 11.4 Å². The second kappa shape index (κ2) is 6.23. The predicted octanol–water partition coefficient (Wildman–Crippen LogP) is 3.73. The van der Waals surface area contributed by atoms with Crippen molar-refractivity contribution < 1.29 is 9.66 Å². The fraction of sp³-hybridized carbons (Fsp3) is 0.0769. The second-order valence-electron chi connectivity index (χ2n) is 4.01. The number of nitrogens with two attached hydrogens (primary N) is 1. The highest BCUT2D eigenvalue weighted by atomic mass is 32.2. The quantitative estimate of drug-likeness (QED) is 0.390. The molecule has 0 unspecified atom stereocenters. The molecule has 2 aromatic rings. The number of hydrogen-bond donors (Lipinski definition) is 1. The molecule has 108 valence electrons. The molecule has 0 saturated heterocycles. The van der Waals surface area contributed by atoms with Crippen LogP contribution in [-0.4, -0.2) is 12.0 Å². The van der Waals surface area contributed by atoms with Gasteiger partial charge in [0.25, 0.3) is 5.69 Å². The van der Waals surface area contributed by atoms with Gasteiger partial charge in [-0.2, -0.15) is 0 Å². The lowest BCUT2D eigenvalue weighted by molar-refractivity contribution is -0.384. The summed E-state index contributed by atoms with van der Waals surface area (Å²) in [5.74, 6) is 0.620. The lowest BCUT2D eigenvalue weighted by atomic mass is 10.3. The molecule has 2 N–H and O–H groups in total. The van der Waals surface area contributed by atoms with E-state index in [9.17, 15) is 15.0 Å². The maximum absolute atomic E-state index is 10.9. The highest BCUT2D eigenvalue weighted by molar-refractivity contribution is 7.99. The first-order valence-corrected chi connectivity index (χ1v) is 6.60. The molecular formula is C13H11N3O4S. The van der Waals surface area contributed by atoms with E-state index in [1.807, 2.05) is 0 Å². The molecule has 0 heterocycles. The second-order valence-corrected chi connectivity index (χ2v) is 5.09. The minimum Gasteiger partial charge on any atom is -0.497 e. The number of benzene rings is 2. The fourth-order valence-electron chi connectivity index (χ4n) is 1.63. The summed E-state index contributed by atoms with van der Waals surface area (Å²) < 4.78 is 5.11. The van der Waals surface area contributed by atoms with Crippen molar-refractivity contribution in [3.63, 3.8) is 0 Å². The fourth-order valence-corrected chi connectivity index (χ4v) is 2.56. The summed E-state index contributed by atoms with van der Waals surface area (Å²) in [6.07, 6.45) is 0. The molecule has 0 saturated carbocycles. The zero-order chi connectivity index (χ0) is 15.4. The average molecular weight is 305 g/mol. The van der Waals surface area contributed by atoms with E-state index in [1.165, 1.54) is 31.0 Å². The molecule has 21 heavy (non-hydrogen) atoms. The van der Waals surface area contributed by atoms with Crippen molar-refractivity contribution >= 4 is 28.8 Å². The van der Waals surface area contributed by atoms with Crippen LogP contribution in [0.5, 0.6) is 5.75 Å². The van der Waals surface area contributed by atoms with E-state index in [4.69, 9.17) is 10.5 Å². The van der Waals surface area contributed by atoms with Crippen molar-refractivity contribution in [2.45, 2.75) is 9.79 Å². The number of methoxy groups -OCH3 is 1. The first kappa shape index (κ1) is 14.8. The highest BCUT2D eigenvalue weighted by Crippen LogP contribution is 2.40. The van der Waals surface area contributed by atoms with Crippen molar-refractivity contribution in [3.05, 3.63) is 51.4 Å². The van der Waals surface area contributed by atoms with Crippen molar-refractivity contribution in [1.82, 2.24) is 0 Å². The normalized spacial score (nSPS) is 10.1. The third-order valence-electron chi connectivity index (χ3n) is 2.69. The Kier molecular flexibility index (Phi) is 4.39. The number of hydrogen-bond acceptors (Lipinski definition) is 7. The number of nitrogens with zero attached hydrogens (tertiary/aromatic N) is 2. The topological polar surface area (TPSA) is 108 Å². The van der Waals surface area contributed by atoms with Gasteiger partial charge in [-0.25, -0.2) is 0 Å². The van der Waals surface area contributed by atoms with Gasteiger partial charge in [0.05, 0.1) is 12.0 Å². The molecule has 0 radical (unpaired) electrons. The summed E-state index contributed by atoms with van der Waals surface area (Å²) in [7, 11) is 1.53. The number of non-ortho nitro benzene ring substituents is 1. The van der Waals surface area contributed by atoms with E-state index in [1.54, 1.807) is 18.2 Å². The molecule has 0 aliphatic rings. The van der Waals surface area contributed by atoms with Crippen LogP contribution in [0.15, 0.2) is 51.4 Å². The van der Waals surface area contributed by atoms with E-state index in [0.29, 0.717) is 21.2 Å². The molecule has 2 rings (SSSR count). The Balaban J connectivity index is 2.39. The molecule has 0 aliphatic heterocycles. The van der Waals surface area contributed by atoms with E-state index in [0.717, 1.165) is 6.07 Å². The van der Waals surface area contributed by atoms with E-state index in [2.05, 4.69) is 5.18 Å². The van der Waals surface area contributed by atoms with E-state index in [-0.39, 0.29) is 11.4 Å². The summed E-state index contributed by atoms with van der Waals surface area (Å²) in [4.78, 5) is 22.1. The van der Waals surface area contributed by atoms with Crippen molar-refractivity contribution in [2.75, 3.05) is 12.8 Å². The van der Waals surface area contributed by atoms with Gasteiger partial charge >= 0.3 is 0 Å². The van der Waals surface area contributed by atoms with Gasteiger partial charge in [0.15, 0.2) is 0 Å². The van der Waals surface area contributed by atoms with Gasteiger partial charge in [-0.3, -0.25) is 10.1 Å². The predicted molar refractivity (Wildman–Crippen MR) is 80.1 cm³/mol. The molecule has 0 aromatic heterocycles. The molecule has 0 amide bonds. The zero-order valence-electron chi connectivity index (χ0n) is 11.0. The number of ether oxygens (including phenoxy) is 1. The molecule has 0 bridgehead atoms. The first-order chi connectivity index (χ1) is 10.0. The first-order valence-electron chi connectivity index (χ1n) is 5.78. The smallest absolute Gasteiger partial charge is 0.271 e. The number of anilines is 1. The molecule has 0 fully saturated rings. The number of nitro groups is 1. The third-order valence-corrected chi connectivity index (χ3v) is 3.83. The molecule has 8 heteroatoms. The molecule has 0 aliphatic carbocycles. The van der Waals surface area contributed by atoms with Crippen LogP contribution in [0.1, 0.15) is 0 Å². The largest absolute Gasteiger partial charge is 0.497 e. The van der Waals surface area contributed by atoms with Gasteiger partial charge in [-0.05, 0) is 29.4 Å². The third kappa shape index (κ3) is 3.29. The van der Waals surface area contributed by atoms with Gasteiger partial charge < -0.3 is 10.5 Å². The van der Waals surface area contributed by atoms with Gasteiger partial charge in [-0.15, -0.1) is 4.91 Å². The van der Waals surface area contributed by atoms with Crippen molar-refractivity contribution in [1.29, 1.82) is 0 Å². The standard InChI is InChI=1S/C13H11N3O4S/c1-20-9-3-4-10(14)13(7-9)21-12-5-2-8(16(18)19)6-11(12)15-17/h2-7H,14H2,1H3. The van der Waals surface area contributed by atoms with Gasteiger partial charge in [-0.1, -0.05) is 11.8 Å². The van der Waals surface area contributed by atoms with Crippen LogP contribution < -0.4 is 10.5 Å². The molecular weight excluding hydrogens is 294 g/mol. The Morgan fingerprint density at radius 1 is 1.24 bits per heavy atom. The molecule has 7 nitrogen and oxygen atoms in total. The number of nitro benzene ring substituents is 1. The maximum atomic E-state index is 10.9. The van der Waals surface area contributed by atoms with Crippen molar-refractivity contribution in [3.8, 4) is 5.75 Å². The van der Waals surface area contributed by atoms with Gasteiger partial charge in [0, 0.05) is 27.6 Å². The number of nitroso groups, excluding NO2 is 1. The highest BCUT2D eigenvalue weighted by Gasteiger charge is 2.14. The SMILES string of the molecule is COc1ccc(N)c(Sc2ccc([N+](=O)[O-])cc2N=O)c1. The van der Waals surface area contributed by atoms with E-state index < -0.39 is 4.92 Å². The van der Waals surface area contributed by atoms with Crippen molar-refractivity contribution in [2.24, 2.45) is 5.18 Å². The van der Waals surface area contributed by atoms with Crippen LogP contribution in [0.25, 0.3) is 0 Å². The summed E-state index contributed by atoms with van der Waals surface area (Å²) in [5.41, 5.74) is 6.19. The van der Waals surface area contributed by atoms with Crippen LogP contribution in [0.4, 0.5) is 17.1 Å². The monoisotopic (exact) mass is 305 g/mol. The Morgan fingerprint density at radius 2 is 2.00 bits per heavy atom. The lowest BCUT2D eigenvalue weighted by Gasteiger charge is -2.08. The Hall–Kier alpha value is -2.61. The summed E-state index contributed by atoms with van der Waals surface area (Å²) in [6.45, 7) is 0.